The van der Waals surface area contributed by atoms with Gasteiger partial charge in [0.2, 0.25) is 0 Å². The molecular formula is C8H7N3O2S2. The highest BCUT2D eigenvalue weighted by molar-refractivity contribution is 7.94. The molecule has 5 nitrogen and oxygen atoms in total. The summed E-state index contributed by atoms with van der Waals surface area (Å²) in [5.41, 5.74) is 0.519. The Bertz CT molecular complexity index is 522. The molecule has 1 N–H and O–H groups in total. The number of hydrogen-bond acceptors (Lipinski definition) is 5. The van der Waals surface area contributed by atoms with Gasteiger partial charge in [0.05, 0.1) is 6.20 Å². The van der Waals surface area contributed by atoms with Crippen molar-refractivity contribution in [3.05, 3.63) is 36.5 Å². The fourth-order valence-corrected chi connectivity index (χ4v) is 2.61. The summed E-state index contributed by atoms with van der Waals surface area (Å²) in [6.07, 6.45) is 1.22. The van der Waals surface area contributed by atoms with Gasteiger partial charge in [-0.05, 0) is 12.1 Å². The third kappa shape index (κ3) is 2.31. The van der Waals surface area contributed by atoms with Crippen LogP contribution in [0.4, 0.5) is 5.69 Å². The molecule has 2 rings (SSSR count). The zero-order valence-corrected chi connectivity index (χ0v) is 9.12. The quantitative estimate of drug-likeness (QED) is 0.880. The fourth-order valence-electron chi connectivity index (χ4n) is 0.988. The lowest BCUT2D eigenvalue weighted by atomic mass is 10.3. The van der Waals surface area contributed by atoms with E-state index < -0.39 is 10.0 Å². The maximum Gasteiger partial charge on any atom is 0.274 e. The number of para-hydroxylation sites is 1. The Labute approximate surface area is 91.0 Å². The number of benzene rings is 1. The topological polar surface area (TPSA) is 72.0 Å². The zero-order valence-electron chi connectivity index (χ0n) is 7.49. The monoisotopic (exact) mass is 241 g/mol. The van der Waals surface area contributed by atoms with Crippen molar-refractivity contribution >= 4 is 27.2 Å². The summed E-state index contributed by atoms with van der Waals surface area (Å²) in [7, 11) is -3.53. The molecule has 0 atom stereocenters. The summed E-state index contributed by atoms with van der Waals surface area (Å²) < 4.78 is 29.4. The van der Waals surface area contributed by atoms with Crippen molar-refractivity contribution in [1.29, 1.82) is 0 Å². The van der Waals surface area contributed by atoms with Crippen molar-refractivity contribution in [3.63, 3.8) is 0 Å². The molecule has 0 aliphatic carbocycles. The lowest BCUT2D eigenvalue weighted by molar-refractivity contribution is 0.603. The van der Waals surface area contributed by atoms with Gasteiger partial charge in [0.15, 0.2) is 4.21 Å². The summed E-state index contributed by atoms with van der Waals surface area (Å²) in [6.45, 7) is 0. The minimum absolute atomic E-state index is 0.103. The largest absolute Gasteiger partial charge is 0.279 e. The average Bonchev–Trinajstić information content (AvgIpc) is 2.71. The van der Waals surface area contributed by atoms with Crippen LogP contribution in [0.5, 0.6) is 0 Å². The van der Waals surface area contributed by atoms with E-state index in [1.165, 1.54) is 6.20 Å². The van der Waals surface area contributed by atoms with E-state index in [1.807, 2.05) is 6.07 Å². The van der Waals surface area contributed by atoms with Gasteiger partial charge in [0, 0.05) is 17.2 Å². The van der Waals surface area contributed by atoms with Crippen LogP contribution in [0.1, 0.15) is 0 Å². The van der Waals surface area contributed by atoms with E-state index in [0.717, 1.165) is 11.5 Å². The number of anilines is 1. The number of nitrogens with zero attached hydrogens (tertiary/aromatic N) is 2. The van der Waals surface area contributed by atoms with E-state index >= 15 is 0 Å². The fraction of sp³-hybridized carbons (Fsp3) is 0. The van der Waals surface area contributed by atoms with Gasteiger partial charge in [0.25, 0.3) is 10.0 Å². The van der Waals surface area contributed by atoms with E-state index in [4.69, 9.17) is 0 Å². The first-order chi connectivity index (χ1) is 7.18. The lowest BCUT2D eigenvalue weighted by Gasteiger charge is -2.03. The van der Waals surface area contributed by atoms with Crippen LogP contribution in [0.25, 0.3) is 0 Å². The lowest BCUT2D eigenvalue weighted by Crippen LogP contribution is -2.11. The first kappa shape index (κ1) is 10.1. The summed E-state index contributed by atoms with van der Waals surface area (Å²) in [5.74, 6) is 0. The second-order valence-electron chi connectivity index (χ2n) is 2.71. The van der Waals surface area contributed by atoms with Crippen molar-refractivity contribution < 1.29 is 8.42 Å². The van der Waals surface area contributed by atoms with Gasteiger partial charge in [0.1, 0.15) is 0 Å². The molecule has 1 aromatic heterocycles. The minimum Gasteiger partial charge on any atom is -0.279 e. The maximum atomic E-state index is 11.7. The molecule has 0 radical (unpaired) electrons. The summed E-state index contributed by atoms with van der Waals surface area (Å²) in [6, 6.07) is 8.66. The Kier molecular flexibility index (Phi) is 2.65. The third-order valence-corrected chi connectivity index (χ3v) is 4.11. The van der Waals surface area contributed by atoms with Gasteiger partial charge >= 0.3 is 0 Å². The molecule has 0 amide bonds. The highest BCUT2D eigenvalue weighted by Gasteiger charge is 2.16. The highest BCUT2D eigenvalue weighted by Crippen LogP contribution is 2.16. The Morgan fingerprint density at radius 3 is 2.53 bits per heavy atom. The molecule has 0 bridgehead atoms. The third-order valence-electron chi connectivity index (χ3n) is 1.63. The van der Waals surface area contributed by atoms with Crippen molar-refractivity contribution in [3.8, 4) is 0 Å². The van der Waals surface area contributed by atoms with Crippen LogP contribution in [0, 0.1) is 0 Å². The Morgan fingerprint density at radius 1 is 1.20 bits per heavy atom. The van der Waals surface area contributed by atoms with Gasteiger partial charge in [-0.3, -0.25) is 4.72 Å². The number of nitrogens with one attached hydrogen (secondary N) is 1. The van der Waals surface area contributed by atoms with E-state index in [9.17, 15) is 8.42 Å². The predicted octanol–water partition coefficient (Wildman–Crippen LogP) is 1.34. The second-order valence-corrected chi connectivity index (χ2v) is 5.40. The summed E-state index contributed by atoms with van der Waals surface area (Å²) in [5, 5.41) is 3.48. The molecule has 0 unspecified atom stereocenters. The zero-order chi connectivity index (χ0) is 10.7. The van der Waals surface area contributed by atoms with E-state index in [-0.39, 0.29) is 4.21 Å². The van der Waals surface area contributed by atoms with Crippen LogP contribution in [-0.4, -0.2) is 18.0 Å². The number of hydrogen-bond donors (Lipinski definition) is 1. The number of sulfonamides is 1. The van der Waals surface area contributed by atoms with Gasteiger partial charge in [-0.15, -0.1) is 5.10 Å². The highest BCUT2D eigenvalue weighted by atomic mass is 32.2. The maximum absolute atomic E-state index is 11.7. The molecule has 0 aliphatic rings. The Hall–Kier alpha value is -1.47. The SMILES string of the molecule is O=S(=O)(Nc1ccccc1)c1cnns1. The standard InChI is InChI=1S/C8H7N3O2S2/c12-15(13,8-6-9-11-14-8)10-7-4-2-1-3-5-7/h1-6,10H. The van der Waals surface area contributed by atoms with Crippen molar-refractivity contribution in [2.24, 2.45) is 0 Å². The van der Waals surface area contributed by atoms with Gasteiger partial charge < -0.3 is 0 Å². The molecule has 1 aromatic carbocycles. The number of aromatic nitrogens is 2. The molecule has 0 saturated heterocycles. The van der Waals surface area contributed by atoms with Crippen LogP contribution in [-0.2, 0) is 10.0 Å². The number of rotatable bonds is 3. The first-order valence-corrected chi connectivity index (χ1v) is 6.29. The minimum atomic E-state index is -3.53. The molecule has 0 spiro atoms. The van der Waals surface area contributed by atoms with Crippen LogP contribution in [0.3, 0.4) is 0 Å². The van der Waals surface area contributed by atoms with E-state index in [1.54, 1.807) is 24.3 Å². The second kappa shape index (κ2) is 3.95. The van der Waals surface area contributed by atoms with Crippen molar-refractivity contribution in [2.45, 2.75) is 4.21 Å². The van der Waals surface area contributed by atoms with E-state index in [2.05, 4.69) is 14.3 Å². The molecule has 0 aliphatic heterocycles. The molecular weight excluding hydrogens is 234 g/mol. The van der Waals surface area contributed by atoms with Crippen LogP contribution in [0.2, 0.25) is 0 Å². The smallest absolute Gasteiger partial charge is 0.274 e. The first-order valence-electron chi connectivity index (χ1n) is 4.04. The van der Waals surface area contributed by atoms with Crippen molar-refractivity contribution in [2.75, 3.05) is 4.72 Å². The molecule has 78 valence electrons. The molecule has 2 aromatic rings. The van der Waals surface area contributed by atoms with Crippen molar-refractivity contribution in [1.82, 2.24) is 9.59 Å². The molecule has 0 fully saturated rings. The predicted molar refractivity (Wildman–Crippen MR) is 57.2 cm³/mol. The van der Waals surface area contributed by atoms with Crippen LogP contribution < -0.4 is 4.72 Å². The summed E-state index contributed by atoms with van der Waals surface area (Å²) >= 11 is 0.838. The van der Waals surface area contributed by atoms with Gasteiger partial charge in [-0.25, -0.2) is 8.42 Å². The van der Waals surface area contributed by atoms with Gasteiger partial charge in [-0.2, -0.15) is 0 Å². The van der Waals surface area contributed by atoms with Gasteiger partial charge in [-0.1, -0.05) is 22.7 Å². The molecule has 15 heavy (non-hydrogen) atoms. The summed E-state index contributed by atoms with van der Waals surface area (Å²) in [4.78, 5) is 0. The average molecular weight is 241 g/mol. The normalized spacial score (nSPS) is 11.2. The van der Waals surface area contributed by atoms with Crippen LogP contribution in [0.15, 0.2) is 40.7 Å². The molecule has 7 heteroatoms. The van der Waals surface area contributed by atoms with E-state index in [0.29, 0.717) is 5.69 Å². The van der Waals surface area contributed by atoms with Crippen LogP contribution >= 0.6 is 11.5 Å². The molecule has 0 saturated carbocycles. The molecule has 1 heterocycles. The Morgan fingerprint density at radius 2 is 1.93 bits per heavy atom. The Balaban J connectivity index is 2.27.